The highest BCUT2D eigenvalue weighted by Gasteiger charge is 2.39. The maximum Gasteiger partial charge on any atom is 0.479 e. The fourth-order valence-electron chi connectivity index (χ4n) is 2.45. The van der Waals surface area contributed by atoms with Crippen molar-refractivity contribution in [3.05, 3.63) is 35.9 Å². The third-order valence-electron chi connectivity index (χ3n) is 3.42. The average molecular weight is 318 g/mol. The molecule has 3 rings (SSSR count). The van der Waals surface area contributed by atoms with Crippen LogP contribution in [-0.2, 0) is 8.92 Å². The van der Waals surface area contributed by atoms with Gasteiger partial charge in [0.15, 0.2) is 12.0 Å². The number of halogens is 3. The van der Waals surface area contributed by atoms with Gasteiger partial charge < -0.3 is 13.7 Å². The topological polar surface area (TPSA) is 27.7 Å². The van der Waals surface area contributed by atoms with Crippen LogP contribution < -0.4 is 4.74 Å². The number of alkyl halides is 3. The van der Waals surface area contributed by atoms with Crippen molar-refractivity contribution in [3.8, 4) is 5.75 Å². The second kappa shape index (κ2) is 5.46. The molecule has 0 N–H and O–H groups in total. The molecule has 2 heterocycles. The maximum atomic E-state index is 12.4. The number of benzene rings is 1. The Morgan fingerprint density at radius 3 is 2.57 bits per heavy atom. The molecule has 21 heavy (non-hydrogen) atoms. The first-order valence-corrected chi connectivity index (χ1v) is 7.23. The highest BCUT2D eigenvalue weighted by Crippen LogP contribution is 2.44. The molecule has 0 radical (unpaired) electrons. The molecule has 0 aliphatic carbocycles. The predicted octanol–water partition coefficient (Wildman–Crippen LogP) is 4.15. The number of hydrogen-bond acceptors (Lipinski definition) is 4. The Labute approximate surface area is 124 Å². The van der Waals surface area contributed by atoms with E-state index in [1.807, 2.05) is 0 Å². The third kappa shape index (κ3) is 3.29. The Balaban J connectivity index is 1.91. The van der Waals surface area contributed by atoms with Crippen LogP contribution in [0.4, 0.5) is 13.2 Å². The van der Waals surface area contributed by atoms with Gasteiger partial charge in [0.25, 0.3) is 0 Å². The fraction of sp³-hybridized carbons (Fsp3) is 0.429. The van der Waals surface area contributed by atoms with Gasteiger partial charge in [0.05, 0.1) is 18.8 Å². The highest BCUT2D eigenvalue weighted by molar-refractivity contribution is 7.95. The normalized spacial score (nSPS) is 20.4. The lowest BCUT2D eigenvalue weighted by Crippen LogP contribution is -2.42. The fourth-order valence-corrected chi connectivity index (χ4v) is 2.77. The number of fused-ring (bicyclic) bond motifs is 1. The van der Waals surface area contributed by atoms with E-state index in [9.17, 15) is 13.2 Å². The van der Waals surface area contributed by atoms with E-state index in [-0.39, 0.29) is 5.76 Å². The molecule has 1 fully saturated rings. The maximum absolute atomic E-state index is 12.4. The summed E-state index contributed by atoms with van der Waals surface area (Å²) in [6, 6.07) is 6.94. The Morgan fingerprint density at radius 1 is 1.14 bits per heavy atom. The van der Waals surface area contributed by atoms with E-state index < -0.39 is 23.2 Å². The van der Waals surface area contributed by atoms with Crippen LogP contribution in [0.15, 0.2) is 30.3 Å². The quantitative estimate of drug-likeness (QED) is 0.766. The number of ether oxygens (including phenoxy) is 2. The van der Waals surface area contributed by atoms with E-state index in [2.05, 4.69) is 0 Å². The van der Waals surface area contributed by atoms with E-state index in [0.29, 0.717) is 37.4 Å². The summed E-state index contributed by atoms with van der Waals surface area (Å²) in [5.74, 6) is 0.737. The highest BCUT2D eigenvalue weighted by atomic mass is 32.2. The van der Waals surface area contributed by atoms with Gasteiger partial charge in [-0.3, -0.25) is 0 Å². The first kappa shape index (κ1) is 14.6. The lowest BCUT2D eigenvalue weighted by molar-refractivity contribution is -0.0381. The van der Waals surface area contributed by atoms with Gasteiger partial charge in [-0.05, 0) is 12.1 Å². The van der Waals surface area contributed by atoms with Crippen LogP contribution in [0.5, 0.6) is 5.75 Å². The molecule has 7 heteroatoms. The zero-order chi connectivity index (χ0) is 14.9. The van der Waals surface area contributed by atoms with Crippen molar-refractivity contribution in [2.75, 3.05) is 13.2 Å². The molecular weight excluding hydrogens is 305 g/mol. The van der Waals surface area contributed by atoms with Gasteiger partial charge in [-0.15, -0.1) is 0 Å². The Bertz CT molecular complexity index is 551. The van der Waals surface area contributed by atoms with E-state index >= 15 is 0 Å². The number of para-hydroxylation sites is 1. The Kier molecular flexibility index (Phi) is 3.79. The minimum Gasteiger partial charge on any atom is -0.482 e. The molecule has 0 bridgehead atoms. The average Bonchev–Trinajstić information content (AvgIpc) is 2.45. The monoisotopic (exact) mass is 318 g/mol. The molecular formula is C14H13F3O3S. The van der Waals surface area contributed by atoms with Crippen molar-refractivity contribution in [2.24, 2.45) is 0 Å². The molecule has 0 unspecified atom stereocenters. The van der Waals surface area contributed by atoms with Gasteiger partial charge in [-0.1, -0.05) is 12.1 Å². The molecule has 1 spiro atoms. The van der Waals surface area contributed by atoms with E-state index in [0.717, 1.165) is 0 Å². The van der Waals surface area contributed by atoms with Crippen LogP contribution in [0, 0.1) is 0 Å². The summed E-state index contributed by atoms with van der Waals surface area (Å²) in [6.07, 6.45) is 2.83. The number of hydrogen-bond donors (Lipinski definition) is 0. The molecule has 3 nitrogen and oxygen atoms in total. The second-order valence-corrected chi connectivity index (χ2v) is 5.69. The summed E-state index contributed by atoms with van der Waals surface area (Å²) in [5, 5.41) is 0. The standard InChI is InChI=1S/C14H13F3O3S/c15-14(16,17)21-20-12-9-13(5-7-18-8-6-13)19-11-4-2-1-3-10(11)12/h1-4,9H,5-8H2. The molecule has 1 aromatic carbocycles. The molecule has 2 aliphatic heterocycles. The van der Waals surface area contributed by atoms with Crippen molar-refractivity contribution < 1.29 is 26.8 Å². The van der Waals surface area contributed by atoms with Gasteiger partial charge >= 0.3 is 5.51 Å². The van der Waals surface area contributed by atoms with Gasteiger partial charge in [-0.2, -0.15) is 13.2 Å². The minimum atomic E-state index is -4.45. The molecule has 2 aliphatic rings. The van der Waals surface area contributed by atoms with Gasteiger partial charge in [0.2, 0.25) is 0 Å². The van der Waals surface area contributed by atoms with Gasteiger partial charge in [0.1, 0.15) is 17.1 Å². The van der Waals surface area contributed by atoms with E-state index in [4.69, 9.17) is 13.7 Å². The molecule has 0 atom stereocenters. The second-order valence-electron chi connectivity index (χ2n) is 4.90. The van der Waals surface area contributed by atoms with Crippen molar-refractivity contribution in [3.63, 3.8) is 0 Å². The SMILES string of the molecule is FC(F)(F)SOC1=CC2(CCOCC2)Oc2ccccc21. The van der Waals surface area contributed by atoms with Crippen LogP contribution in [0.25, 0.3) is 5.76 Å². The number of rotatable bonds is 2. The molecule has 0 amide bonds. The molecule has 1 saturated heterocycles. The van der Waals surface area contributed by atoms with Crippen LogP contribution in [-0.4, -0.2) is 24.3 Å². The summed E-state index contributed by atoms with van der Waals surface area (Å²) < 4.78 is 53.4. The molecule has 0 aromatic heterocycles. The van der Waals surface area contributed by atoms with Crippen molar-refractivity contribution in [1.29, 1.82) is 0 Å². The van der Waals surface area contributed by atoms with Crippen molar-refractivity contribution in [2.45, 2.75) is 24.0 Å². The smallest absolute Gasteiger partial charge is 0.479 e. The van der Waals surface area contributed by atoms with E-state index in [1.54, 1.807) is 30.3 Å². The summed E-state index contributed by atoms with van der Waals surface area (Å²) in [4.78, 5) is 0. The van der Waals surface area contributed by atoms with E-state index in [1.165, 1.54) is 0 Å². The van der Waals surface area contributed by atoms with Gasteiger partial charge in [-0.25, -0.2) is 0 Å². The zero-order valence-electron chi connectivity index (χ0n) is 11.0. The van der Waals surface area contributed by atoms with Crippen LogP contribution >= 0.6 is 12.0 Å². The van der Waals surface area contributed by atoms with Crippen molar-refractivity contribution >= 4 is 17.8 Å². The Hall–Kier alpha value is -1.34. The summed E-state index contributed by atoms with van der Waals surface area (Å²) in [7, 11) is 0. The molecule has 0 saturated carbocycles. The molecule has 114 valence electrons. The largest absolute Gasteiger partial charge is 0.482 e. The van der Waals surface area contributed by atoms with Crippen LogP contribution in [0.2, 0.25) is 0 Å². The summed E-state index contributed by atoms with van der Waals surface area (Å²) >= 11 is -0.504. The summed E-state index contributed by atoms with van der Waals surface area (Å²) in [6.45, 7) is 1.02. The van der Waals surface area contributed by atoms with Crippen molar-refractivity contribution in [1.82, 2.24) is 0 Å². The first-order chi connectivity index (χ1) is 9.98. The van der Waals surface area contributed by atoms with Gasteiger partial charge in [0, 0.05) is 18.9 Å². The molecule has 1 aromatic rings. The Morgan fingerprint density at radius 2 is 1.86 bits per heavy atom. The predicted molar refractivity (Wildman–Crippen MR) is 72.6 cm³/mol. The zero-order valence-corrected chi connectivity index (χ0v) is 11.8. The van der Waals surface area contributed by atoms with Crippen LogP contribution in [0.3, 0.4) is 0 Å². The minimum absolute atomic E-state index is 0.195. The van der Waals surface area contributed by atoms with Crippen LogP contribution in [0.1, 0.15) is 18.4 Å². The lowest BCUT2D eigenvalue weighted by Gasteiger charge is -2.38. The third-order valence-corrected chi connectivity index (χ3v) is 3.88. The first-order valence-electron chi connectivity index (χ1n) is 6.49. The lowest BCUT2D eigenvalue weighted by atomic mass is 9.90. The summed E-state index contributed by atoms with van der Waals surface area (Å²) in [5.41, 5.74) is -4.56.